The van der Waals surface area contributed by atoms with Crippen LogP contribution in [0.1, 0.15) is 47.4 Å². The van der Waals surface area contributed by atoms with Gasteiger partial charge >= 0.3 is 6.16 Å². The zero-order valence-electron chi connectivity index (χ0n) is 14.9. The van der Waals surface area contributed by atoms with Crippen molar-refractivity contribution in [2.75, 3.05) is 0 Å². The summed E-state index contributed by atoms with van der Waals surface area (Å²) < 4.78 is 10.2. The number of ether oxygens (including phenoxy) is 2. The van der Waals surface area contributed by atoms with Gasteiger partial charge in [-0.05, 0) is 13.8 Å². The number of hydrogen-bond donors (Lipinski definition) is 0. The quantitative estimate of drug-likeness (QED) is 0.517. The van der Waals surface area contributed by atoms with Gasteiger partial charge < -0.3 is 9.47 Å². The first-order valence-corrected chi connectivity index (χ1v) is 8.49. The molecule has 2 atom stereocenters. The van der Waals surface area contributed by atoms with Gasteiger partial charge in [-0.2, -0.15) is 0 Å². The topological polar surface area (TPSA) is 69.7 Å². The number of benzene rings is 2. The van der Waals surface area contributed by atoms with Gasteiger partial charge in [0, 0.05) is 24.0 Å². The highest BCUT2D eigenvalue weighted by Gasteiger charge is 2.19. The number of rotatable bonds is 8. The number of carbonyl (C=O) groups is 3. The molecule has 26 heavy (non-hydrogen) atoms. The summed E-state index contributed by atoms with van der Waals surface area (Å²) in [6, 6.07) is 17.6. The third-order valence-corrected chi connectivity index (χ3v) is 3.73. The first-order chi connectivity index (χ1) is 12.5. The van der Waals surface area contributed by atoms with Crippen molar-refractivity contribution < 1.29 is 23.9 Å². The summed E-state index contributed by atoms with van der Waals surface area (Å²) in [4.78, 5) is 36.0. The summed E-state index contributed by atoms with van der Waals surface area (Å²) in [7, 11) is 0. The first kappa shape index (κ1) is 19.4. The van der Waals surface area contributed by atoms with Crippen molar-refractivity contribution in [3.05, 3.63) is 71.8 Å². The van der Waals surface area contributed by atoms with E-state index in [0.717, 1.165) is 0 Å². The summed E-state index contributed by atoms with van der Waals surface area (Å²) in [5.74, 6) is -0.226. The van der Waals surface area contributed by atoms with Crippen molar-refractivity contribution in [3.8, 4) is 0 Å². The Morgan fingerprint density at radius 2 is 1.04 bits per heavy atom. The summed E-state index contributed by atoms with van der Waals surface area (Å²) in [6.07, 6.45) is -1.99. The second kappa shape index (κ2) is 9.51. The van der Waals surface area contributed by atoms with E-state index in [-0.39, 0.29) is 24.4 Å². The van der Waals surface area contributed by atoms with Gasteiger partial charge in [-0.1, -0.05) is 60.7 Å². The summed E-state index contributed by atoms with van der Waals surface area (Å²) in [5.41, 5.74) is 1.14. The van der Waals surface area contributed by atoms with Gasteiger partial charge in [-0.3, -0.25) is 9.59 Å². The van der Waals surface area contributed by atoms with E-state index >= 15 is 0 Å². The number of hydrogen-bond acceptors (Lipinski definition) is 5. The molecule has 2 aromatic carbocycles. The highest BCUT2D eigenvalue weighted by atomic mass is 16.7. The Labute approximate surface area is 152 Å². The van der Waals surface area contributed by atoms with Crippen LogP contribution in [0.25, 0.3) is 0 Å². The van der Waals surface area contributed by atoms with E-state index in [1.807, 2.05) is 12.1 Å². The van der Waals surface area contributed by atoms with Gasteiger partial charge in [0.05, 0.1) is 0 Å². The molecule has 2 aromatic rings. The minimum absolute atomic E-state index is 0.0659. The van der Waals surface area contributed by atoms with Gasteiger partial charge in [0.25, 0.3) is 0 Å². The molecule has 2 unspecified atom stereocenters. The Balaban J connectivity index is 1.76. The molecule has 0 radical (unpaired) electrons. The van der Waals surface area contributed by atoms with Crippen molar-refractivity contribution in [2.45, 2.75) is 38.9 Å². The number of Topliss-reactive ketones (excluding diaryl/α,β-unsaturated/α-hetero) is 2. The molecule has 0 bridgehead atoms. The zero-order valence-corrected chi connectivity index (χ0v) is 14.9. The van der Waals surface area contributed by atoms with Gasteiger partial charge in [0.15, 0.2) is 11.6 Å². The van der Waals surface area contributed by atoms with E-state index in [9.17, 15) is 14.4 Å². The predicted octanol–water partition coefficient (Wildman–Crippen LogP) is 4.46. The van der Waals surface area contributed by atoms with Crippen molar-refractivity contribution >= 4 is 17.7 Å². The minimum Gasteiger partial charge on any atom is -0.431 e. The summed E-state index contributed by atoms with van der Waals surface area (Å²) in [6.45, 7) is 3.25. The molecule has 0 aliphatic rings. The molecule has 0 fully saturated rings. The van der Waals surface area contributed by atoms with Gasteiger partial charge in [0.2, 0.25) is 0 Å². The van der Waals surface area contributed by atoms with Crippen molar-refractivity contribution in [1.82, 2.24) is 0 Å². The highest BCUT2D eigenvalue weighted by molar-refractivity contribution is 5.97. The maximum atomic E-state index is 12.1. The van der Waals surface area contributed by atoms with E-state index in [2.05, 4.69) is 0 Å². The molecule has 136 valence electrons. The van der Waals surface area contributed by atoms with Gasteiger partial charge in [-0.15, -0.1) is 0 Å². The lowest BCUT2D eigenvalue weighted by molar-refractivity contribution is 0.00607. The SMILES string of the molecule is CC(CC(=O)c1ccccc1)OC(=O)OC(C)CC(=O)c1ccccc1. The van der Waals surface area contributed by atoms with E-state index in [4.69, 9.17) is 9.47 Å². The predicted molar refractivity (Wildman–Crippen MR) is 97.3 cm³/mol. The standard InChI is InChI=1S/C21H22O5/c1-15(13-19(22)17-9-5-3-6-10-17)25-21(24)26-16(2)14-20(23)18-11-7-4-8-12-18/h3-12,15-16H,13-14H2,1-2H3. The lowest BCUT2D eigenvalue weighted by Gasteiger charge is -2.16. The van der Waals surface area contributed by atoms with Crippen LogP contribution >= 0.6 is 0 Å². The Bertz CT molecular complexity index is 676. The lowest BCUT2D eigenvalue weighted by atomic mass is 10.1. The molecule has 0 amide bonds. The minimum atomic E-state index is -0.883. The van der Waals surface area contributed by atoms with E-state index in [1.165, 1.54) is 0 Å². The third-order valence-electron chi connectivity index (χ3n) is 3.73. The van der Waals surface area contributed by atoms with Crippen LogP contribution < -0.4 is 0 Å². The third kappa shape index (κ3) is 6.16. The normalized spacial score (nSPS) is 12.7. The Hall–Kier alpha value is -2.95. The average molecular weight is 354 g/mol. The molecule has 0 N–H and O–H groups in total. The van der Waals surface area contributed by atoms with E-state index in [0.29, 0.717) is 11.1 Å². The van der Waals surface area contributed by atoms with Gasteiger partial charge in [0.1, 0.15) is 12.2 Å². The Kier molecular flexibility index (Phi) is 7.09. The van der Waals surface area contributed by atoms with Crippen LogP contribution in [0.4, 0.5) is 4.79 Å². The molecule has 0 saturated heterocycles. The molecule has 2 rings (SSSR count). The van der Waals surface area contributed by atoms with E-state index in [1.54, 1.807) is 62.4 Å². The largest absolute Gasteiger partial charge is 0.508 e. The molecule has 5 heteroatoms. The number of carbonyl (C=O) groups excluding carboxylic acids is 3. The molecular formula is C21H22O5. The maximum absolute atomic E-state index is 12.1. The average Bonchev–Trinajstić information content (AvgIpc) is 2.62. The Morgan fingerprint density at radius 3 is 1.38 bits per heavy atom. The zero-order chi connectivity index (χ0) is 18.9. The second-order valence-electron chi connectivity index (χ2n) is 6.09. The Morgan fingerprint density at radius 1 is 0.692 bits per heavy atom. The number of ketones is 2. The summed E-state index contributed by atoms with van der Waals surface area (Å²) in [5, 5.41) is 0. The van der Waals surface area contributed by atoms with Crippen molar-refractivity contribution in [2.24, 2.45) is 0 Å². The first-order valence-electron chi connectivity index (χ1n) is 8.49. The molecule has 0 saturated carbocycles. The molecule has 0 aliphatic carbocycles. The molecule has 0 heterocycles. The van der Waals surface area contributed by atoms with E-state index < -0.39 is 18.4 Å². The fourth-order valence-corrected chi connectivity index (χ4v) is 2.45. The maximum Gasteiger partial charge on any atom is 0.508 e. The van der Waals surface area contributed by atoms with Crippen molar-refractivity contribution in [1.29, 1.82) is 0 Å². The molecule has 0 aliphatic heterocycles. The molecule has 0 aromatic heterocycles. The van der Waals surface area contributed by atoms with Gasteiger partial charge in [-0.25, -0.2) is 4.79 Å². The van der Waals surface area contributed by atoms with Crippen LogP contribution in [0, 0.1) is 0 Å². The molecular weight excluding hydrogens is 332 g/mol. The van der Waals surface area contributed by atoms with Crippen molar-refractivity contribution in [3.63, 3.8) is 0 Å². The molecule has 0 spiro atoms. The van der Waals surface area contributed by atoms with Crippen LogP contribution in [0.3, 0.4) is 0 Å². The van der Waals surface area contributed by atoms with Crippen LogP contribution in [0.15, 0.2) is 60.7 Å². The van der Waals surface area contributed by atoms with Crippen LogP contribution in [-0.4, -0.2) is 29.9 Å². The lowest BCUT2D eigenvalue weighted by Crippen LogP contribution is -2.24. The monoisotopic (exact) mass is 354 g/mol. The fourth-order valence-electron chi connectivity index (χ4n) is 2.45. The molecule has 5 nitrogen and oxygen atoms in total. The smallest absolute Gasteiger partial charge is 0.431 e. The fraction of sp³-hybridized carbons (Fsp3) is 0.286. The second-order valence-corrected chi connectivity index (χ2v) is 6.09. The van der Waals surface area contributed by atoms with Crippen LogP contribution in [-0.2, 0) is 9.47 Å². The van der Waals surface area contributed by atoms with Crippen LogP contribution in [0.2, 0.25) is 0 Å². The summed E-state index contributed by atoms with van der Waals surface area (Å²) >= 11 is 0. The highest BCUT2D eigenvalue weighted by Crippen LogP contribution is 2.11. The van der Waals surface area contributed by atoms with Crippen LogP contribution in [0.5, 0.6) is 0 Å².